The fraction of sp³-hybridized carbons (Fsp3) is 0.182. The lowest BCUT2D eigenvalue weighted by Gasteiger charge is -2.07. The minimum atomic E-state index is -3.77. The lowest BCUT2D eigenvalue weighted by molar-refractivity contribution is 0.551. The molecule has 1 fully saturated rings. The molecule has 4 rings (SSSR count). The van der Waals surface area contributed by atoms with Gasteiger partial charge in [-0.2, -0.15) is 4.31 Å². The van der Waals surface area contributed by atoms with Crippen LogP contribution < -0.4 is 0 Å². The molecule has 1 aliphatic heterocycles. The molecule has 0 aliphatic carbocycles. The third kappa shape index (κ3) is 3.97. The second-order valence-corrected chi connectivity index (χ2v) is 11.5. The highest BCUT2D eigenvalue weighted by Crippen LogP contribution is 2.50. The summed E-state index contributed by atoms with van der Waals surface area (Å²) in [6.45, 7) is 3.87. The molecule has 0 bridgehead atoms. The summed E-state index contributed by atoms with van der Waals surface area (Å²) in [5.74, 6) is 0. The van der Waals surface area contributed by atoms with Crippen LogP contribution >= 0.6 is 15.9 Å². The monoisotopic (exact) mass is 489 g/mol. The molecule has 3 aromatic carbocycles. The van der Waals surface area contributed by atoms with Crippen molar-refractivity contribution < 1.29 is 12.6 Å². The van der Waals surface area contributed by atoms with Gasteiger partial charge in [0.15, 0.2) is 0 Å². The van der Waals surface area contributed by atoms with Gasteiger partial charge >= 0.3 is 0 Å². The SMILES string of the molecule is Cc1ccc([S@](=O)[C@H]2[C@@H](c3ccc(Br)cc3)N2S(=O)(=O)c2ccc(C)cc2)cc1. The van der Waals surface area contributed by atoms with Crippen LogP contribution in [0, 0.1) is 13.8 Å². The van der Waals surface area contributed by atoms with Crippen molar-refractivity contribution in [1.82, 2.24) is 4.31 Å². The second kappa shape index (κ2) is 7.80. The van der Waals surface area contributed by atoms with Crippen LogP contribution in [0.2, 0.25) is 0 Å². The molecule has 0 spiro atoms. The van der Waals surface area contributed by atoms with Crippen molar-refractivity contribution in [3.8, 4) is 0 Å². The summed E-state index contributed by atoms with van der Waals surface area (Å²) in [4.78, 5) is 0.845. The fourth-order valence-corrected chi connectivity index (χ4v) is 7.27. The number of nitrogens with zero attached hydrogens (tertiary/aromatic N) is 1. The van der Waals surface area contributed by atoms with Gasteiger partial charge < -0.3 is 0 Å². The molecule has 150 valence electrons. The van der Waals surface area contributed by atoms with Crippen molar-refractivity contribution in [3.05, 3.63) is 94.0 Å². The maximum Gasteiger partial charge on any atom is 0.244 e. The summed E-state index contributed by atoms with van der Waals surface area (Å²) in [5, 5.41) is -0.634. The standard InChI is InChI=1S/C22H20BrNO3S2/c1-15-3-11-19(12-4-15)28(25)22-21(17-7-9-18(23)10-8-17)24(22)29(26,27)20-13-5-16(2)6-14-20/h3-14,21-22H,1-2H3/t21-,22+,24?,28+/m1/s1. The first kappa shape index (κ1) is 20.5. The molecule has 0 amide bonds. The van der Waals surface area contributed by atoms with E-state index in [9.17, 15) is 12.6 Å². The summed E-state index contributed by atoms with van der Waals surface area (Å²) in [6, 6.07) is 21.2. The number of rotatable bonds is 5. The van der Waals surface area contributed by atoms with Crippen molar-refractivity contribution in [1.29, 1.82) is 0 Å². The van der Waals surface area contributed by atoms with E-state index in [4.69, 9.17) is 0 Å². The zero-order valence-electron chi connectivity index (χ0n) is 15.9. The van der Waals surface area contributed by atoms with Crippen LogP contribution in [0.25, 0.3) is 0 Å². The summed E-state index contributed by atoms with van der Waals surface area (Å²) < 4.78 is 42.3. The third-order valence-electron chi connectivity index (χ3n) is 4.99. The Morgan fingerprint density at radius 1 is 0.828 bits per heavy atom. The molecule has 7 heteroatoms. The van der Waals surface area contributed by atoms with Crippen LogP contribution in [0.4, 0.5) is 0 Å². The van der Waals surface area contributed by atoms with E-state index < -0.39 is 32.2 Å². The average molecular weight is 490 g/mol. The van der Waals surface area contributed by atoms with Crippen molar-refractivity contribution in [3.63, 3.8) is 0 Å². The first-order valence-corrected chi connectivity index (χ1v) is 12.6. The normalized spacial score (nSPS) is 22.2. The van der Waals surface area contributed by atoms with Crippen LogP contribution in [-0.4, -0.2) is 22.3 Å². The Balaban J connectivity index is 1.74. The first-order chi connectivity index (χ1) is 13.8. The molecule has 0 saturated carbocycles. The number of hydrogen-bond acceptors (Lipinski definition) is 3. The molecule has 0 radical (unpaired) electrons. The lowest BCUT2D eigenvalue weighted by atomic mass is 10.2. The third-order valence-corrected chi connectivity index (χ3v) is 9.19. The number of aryl methyl sites for hydroxylation is 2. The zero-order valence-corrected chi connectivity index (χ0v) is 19.2. The van der Waals surface area contributed by atoms with E-state index in [0.29, 0.717) is 4.90 Å². The number of benzene rings is 3. The molecular formula is C22H20BrNO3S2. The Morgan fingerprint density at radius 3 is 1.90 bits per heavy atom. The molecule has 29 heavy (non-hydrogen) atoms. The Morgan fingerprint density at radius 2 is 1.34 bits per heavy atom. The van der Waals surface area contributed by atoms with E-state index >= 15 is 0 Å². The highest BCUT2D eigenvalue weighted by molar-refractivity contribution is 9.10. The smallest absolute Gasteiger partial charge is 0.244 e. The van der Waals surface area contributed by atoms with E-state index in [1.165, 1.54) is 4.31 Å². The fourth-order valence-electron chi connectivity index (χ4n) is 3.30. The van der Waals surface area contributed by atoms with Gasteiger partial charge in [-0.05, 0) is 55.8 Å². The highest BCUT2D eigenvalue weighted by atomic mass is 79.9. The topological polar surface area (TPSA) is 54.2 Å². The number of halogens is 1. The minimum Gasteiger partial charge on any atom is -0.253 e. The molecule has 0 aromatic heterocycles. The lowest BCUT2D eigenvalue weighted by Crippen LogP contribution is -2.17. The van der Waals surface area contributed by atoms with Crippen LogP contribution in [0.3, 0.4) is 0 Å². The van der Waals surface area contributed by atoms with Gasteiger partial charge in [-0.1, -0.05) is 63.5 Å². The molecule has 0 N–H and O–H groups in total. The predicted molar refractivity (Wildman–Crippen MR) is 118 cm³/mol. The molecule has 3 aromatic rings. The molecule has 1 saturated heterocycles. The van der Waals surface area contributed by atoms with Gasteiger partial charge in [-0.3, -0.25) is 4.21 Å². The number of hydrogen-bond donors (Lipinski definition) is 0. The van der Waals surface area contributed by atoms with Gasteiger partial charge in [0.2, 0.25) is 10.0 Å². The van der Waals surface area contributed by atoms with Gasteiger partial charge in [-0.25, -0.2) is 8.42 Å². The Bertz CT molecular complexity index is 1160. The minimum absolute atomic E-state index is 0.216. The van der Waals surface area contributed by atoms with Crippen LogP contribution in [-0.2, 0) is 20.8 Å². The van der Waals surface area contributed by atoms with E-state index in [1.807, 2.05) is 50.2 Å². The summed E-state index contributed by atoms with van der Waals surface area (Å²) in [6.07, 6.45) is 0. The molecule has 1 unspecified atom stereocenters. The summed E-state index contributed by atoms with van der Waals surface area (Å²) >= 11 is 3.41. The summed E-state index contributed by atoms with van der Waals surface area (Å²) in [5.41, 5.74) is 2.88. The molecule has 1 heterocycles. The van der Waals surface area contributed by atoms with E-state index in [-0.39, 0.29) is 4.90 Å². The maximum atomic E-state index is 13.3. The average Bonchev–Trinajstić information content (AvgIpc) is 3.45. The van der Waals surface area contributed by atoms with Gasteiger partial charge in [0, 0.05) is 9.37 Å². The van der Waals surface area contributed by atoms with Crippen LogP contribution in [0.1, 0.15) is 22.7 Å². The van der Waals surface area contributed by atoms with Crippen LogP contribution in [0.15, 0.2) is 87.1 Å². The molecule has 4 atom stereocenters. The molecule has 4 nitrogen and oxygen atoms in total. The van der Waals surface area contributed by atoms with E-state index in [2.05, 4.69) is 15.9 Å². The quantitative estimate of drug-likeness (QED) is 0.476. The largest absolute Gasteiger partial charge is 0.253 e. The predicted octanol–water partition coefficient (Wildman–Crippen LogP) is 4.95. The van der Waals surface area contributed by atoms with E-state index in [1.54, 1.807) is 36.4 Å². The van der Waals surface area contributed by atoms with Gasteiger partial charge in [-0.15, -0.1) is 0 Å². The van der Waals surface area contributed by atoms with Crippen molar-refractivity contribution in [2.75, 3.05) is 0 Å². The van der Waals surface area contributed by atoms with Crippen molar-refractivity contribution in [2.24, 2.45) is 0 Å². The Hall–Kier alpha value is -1.80. The van der Waals surface area contributed by atoms with E-state index in [0.717, 1.165) is 21.2 Å². The van der Waals surface area contributed by atoms with Gasteiger partial charge in [0.1, 0.15) is 5.37 Å². The Kier molecular flexibility index (Phi) is 5.50. The number of sulfonamides is 1. The Labute approximate surface area is 182 Å². The maximum absolute atomic E-state index is 13.3. The van der Waals surface area contributed by atoms with Gasteiger partial charge in [0.05, 0.1) is 21.7 Å². The van der Waals surface area contributed by atoms with Gasteiger partial charge in [0.25, 0.3) is 0 Å². The van der Waals surface area contributed by atoms with Crippen molar-refractivity contribution >= 4 is 36.8 Å². The van der Waals surface area contributed by atoms with Crippen molar-refractivity contribution in [2.45, 2.75) is 35.1 Å². The molecular weight excluding hydrogens is 470 g/mol. The van der Waals surface area contributed by atoms with Crippen LogP contribution in [0.5, 0.6) is 0 Å². The first-order valence-electron chi connectivity index (χ1n) is 9.12. The molecule has 1 aliphatic rings. The second-order valence-electron chi connectivity index (χ2n) is 7.15. The zero-order chi connectivity index (χ0) is 20.8. The summed E-state index contributed by atoms with van der Waals surface area (Å²) in [7, 11) is -5.26. The highest BCUT2D eigenvalue weighted by Gasteiger charge is 2.60.